The molecule has 2 heterocycles. The first-order valence-corrected chi connectivity index (χ1v) is 7.93. The summed E-state index contributed by atoms with van der Waals surface area (Å²) in [6.07, 6.45) is 4.02. The number of rotatable bonds is 4. The third kappa shape index (κ3) is 3.43. The van der Waals surface area contributed by atoms with Gasteiger partial charge in [0.25, 0.3) is 0 Å². The molecule has 1 aliphatic heterocycles. The lowest BCUT2D eigenvalue weighted by molar-refractivity contribution is -0.151. The van der Waals surface area contributed by atoms with E-state index < -0.39 is 12.1 Å². The standard InChI is InChI=1S/C15H20BrN3O2/c1-4-12-14(20)18-13(9(2)3)15(21)19(12)8-10-5-11(16)7-17-6-10/h5-7,9,12-13H,4,8H2,1-3H3,(H,18,20). The maximum Gasteiger partial charge on any atom is 0.246 e. The van der Waals surface area contributed by atoms with Gasteiger partial charge in [0.05, 0.1) is 0 Å². The Balaban J connectivity index is 2.27. The van der Waals surface area contributed by atoms with Gasteiger partial charge in [0.15, 0.2) is 0 Å². The van der Waals surface area contributed by atoms with Crippen molar-refractivity contribution >= 4 is 27.7 Å². The molecule has 2 amide bonds. The van der Waals surface area contributed by atoms with E-state index in [0.29, 0.717) is 13.0 Å². The number of piperazine rings is 1. The van der Waals surface area contributed by atoms with Crippen molar-refractivity contribution in [3.8, 4) is 0 Å². The molecule has 1 aromatic rings. The molecule has 0 bridgehead atoms. The molecule has 0 aliphatic carbocycles. The summed E-state index contributed by atoms with van der Waals surface area (Å²) < 4.78 is 0.863. The molecule has 2 unspecified atom stereocenters. The zero-order valence-electron chi connectivity index (χ0n) is 12.5. The zero-order chi connectivity index (χ0) is 15.6. The van der Waals surface area contributed by atoms with Gasteiger partial charge >= 0.3 is 0 Å². The smallest absolute Gasteiger partial charge is 0.246 e. The summed E-state index contributed by atoms with van der Waals surface area (Å²) in [7, 11) is 0. The van der Waals surface area contributed by atoms with Gasteiger partial charge in [-0.05, 0) is 39.9 Å². The molecule has 1 aliphatic rings. The second kappa shape index (κ2) is 6.56. The van der Waals surface area contributed by atoms with Crippen LogP contribution in [-0.4, -0.2) is 33.8 Å². The van der Waals surface area contributed by atoms with Gasteiger partial charge in [0.2, 0.25) is 11.8 Å². The van der Waals surface area contributed by atoms with Crippen LogP contribution in [0, 0.1) is 5.92 Å². The molecule has 1 N–H and O–H groups in total. The number of halogens is 1. The Hall–Kier alpha value is -1.43. The molecular formula is C15H20BrN3O2. The molecule has 0 spiro atoms. The minimum absolute atomic E-state index is 0.0172. The highest BCUT2D eigenvalue weighted by molar-refractivity contribution is 9.10. The van der Waals surface area contributed by atoms with E-state index in [9.17, 15) is 9.59 Å². The summed E-state index contributed by atoms with van der Waals surface area (Å²) in [6, 6.07) is 1.07. The van der Waals surface area contributed by atoms with Gasteiger partial charge in [-0.2, -0.15) is 0 Å². The second-order valence-corrected chi connectivity index (χ2v) is 6.55. The van der Waals surface area contributed by atoms with Crippen LogP contribution in [0.5, 0.6) is 0 Å². The van der Waals surface area contributed by atoms with E-state index in [1.807, 2.05) is 26.8 Å². The maximum absolute atomic E-state index is 12.7. The average Bonchev–Trinajstić information content (AvgIpc) is 2.42. The molecule has 1 fully saturated rings. The van der Waals surface area contributed by atoms with Gasteiger partial charge in [-0.15, -0.1) is 0 Å². The first-order valence-electron chi connectivity index (χ1n) is 7.14. The summed E-state index contributed by atoms with van der Waals surface area (Å²) in [6.45, 7) is 6.20. The van der Waals surface area contributed by atoms with E-state index in [-0.39, 0.29) is 17.7 Å². The Kier molecular flexibility index (Phi) is 4.98. The molecule has 0 saturated carbocycles. The van der Waals surface area contributed by atoms with Gasteiger partial charge in [-0.1, -0.05) is 20.8 Å². The van der Waals surface area contributed by atoms with Crippen molar-refractivity contribution < 1.29 is 9.59 Å². The van der Waals surface area contributed by atoms with Gasteiger partial charge in [-0.3, -0.25) is 14.6 Å². The van der Waals surface area contributed by atoms with Gasteiger partial charge in [0, 0.05) is 23.4 Å². The van der Waals surface area contributed by atoms with E-state index >= 15 is 0 Å². The fourth-order valence-corrected chi connectivity index (χ4v) is 2.98. The monoisotopic (exact) mass is 353 g/mol. The van der Waals surface area contributed by atoms with E-state index in [4.69, 9.17) is 0 Å². The summed E-state index contributed by atoms with van der Waals surface area (Å²) >= 11 is 3.38. The number of carbonyl (C=O) groups excluding carboxylic acids is 2. The molecule has 5 nitrogen and oxygen atoms in total. The van der Waals surface area contributed by atoms with Crippen molar-refractivity contribution in [1.82, 2.24) is 15.2 Å². The number of hydrogen-bond acceptors (Lipinski definition) is 3. The van der Waals surface area contributed by atoms with E-state index in [1.165, 1.54) is 0 Å². The lowest BCUT2D eigenvalue weighted by Gasteiger charge is -2.40. The van der Waals surface area contributed by atoms with Gasteiger partial charge in [0.1, 0.15) is 12.1 Å². The third-order valence-electron chi connectivity index (χ3n) is 3.69. The third-order valence-corrected chi connectivity index (χ3v) is 4.13. The lowest BCUT2D eigenvalue weighted by Crippen LogP contribution is -2.64. The number of nitrogens with zero attached hydrogens (tertiary/aromatic N) is 2. The quantitative estimate of drug-likeness (QED) is 0.901. The minimum Gasteiger partial charge on any atom is -0.342 e. The predicted molar refractivity (Wildman–Crippen MR) is 83.3 cm³/mol. The zero-order valence-corrected chi connectivity index (χ0v) is 14.1. The number of pyridine rings is 1. The van der Waals surface area contributed by atoms with Crippen LogP contribution in [0.3, 0.4) is 0 Å². The van der Waals surface area contributed by atoms with Crippen LogP contribution in [0.25, 0.3) is 0 Å². The topological polar surface area (TPSA) is 62.3 Å². The second-order valence-electron chi connectivity index (χ2n) is 5.63. The van der Waals surface area contributed by atoms with Crippen LogP contribution < -0.4 is 5.32 Å². The molecule has 0 aromatic carbocycles. The van der Waals surface area contributed by atoms with Crippen molar-refractivity contribution in [1.29, 1.82) is 0 Å². The maximum atomic E-state index is 12.7. The van der Waals surface area contributed by atoms with Crippen LogP contribution in [-0.2, 0) is 16.1 Å². The van der Waals surface area contributed by atoms with Gasteiger partial charge in [-0.25, -0.2) is 0 Å². The number of hydrogen-bond donors (Lipinski definition) is 1. The summed E-state index contributed by atoms with van der Waals surface area (Å²) in [4.78, 5) is 30.7. The Morgan fingerprint density at radius 2 is 2.10 bits per heavy atom. The number of aromatic nitrogens is 1. The predicted octanol–water partition coefficient (Wildman–Crippen LogP) is 2.11. The van der Waals surface area contributed by atoms with Gasteiger partial charge < -0.3 is 10.2 Å². The summed E-state index contributed by atoms with van der Waals surface area (Å²) in [5, 5.41) is 2.84. The van der Waals surface area contributed by atoms with E-state index in [2.05, 4.69) is 26.2 Å². The average molecular weight is 354 g/mol. The minimum atomic E-state index is -0.444. The van der Waals surface area contributed by atoms with Crippen LogP contribution in [0.4, 0.5) is 0 Å². The molecule has 6 heteroatoms. The normalized spacial score (nSPS) is 22.6. The van der Waals surface area contributed by atoms with Crippen molar-refractivity contribution in [2.24, 2.45) is 5.92 Å². The Morgan fingerprint density at radius 1 is 1.38 bits per heavy atom. The van der Waals surface area contributed by atoms with Crippen LogP contribution in [0.1, 0.15) is 32.8 Å². The molecule has 21 heavy (non-hydrogen) atoms. The summed E-state index contributed by atoms with van der Waals surface area (Å²) in [5.41, 5.74) is 0.911. The SMILES string of the molecule is CCC1C(=O)NC(C(C)C)C(=O)N1Cc1cncc(Br)c1. The fourth-order valence-electron chi connectivity index (χ4n) is 2.57. The molecule has 2 atom stereocenters. The number of carbonyl (C=O) groups is 2. The van der Waals surface area contributed by atoms with Crippen LogP contribution in [0.2, 0.25) is 0 Å². The molecule has 1 aromatic heterocycles. The largest absolute Gasteiger partial charge is 0.342 e. The highest BCUT2D eigenvalue weighted by Crippen LogP contribution is 2.21. The van der Waals surface area contributed by atoms with E-state index in [1.54, 1.807) is 17.3 Å². The van der Waals surface area contributed by atoms with Crippen molar-refractivity contribution in [2.45, 2.75) is 45.8 Å². The molecule has 2 rings (SSSR count). The van der Waals surface area contributed by atoms with Crippen LogP contribution >= 0.6 is 15.9 Å². The highest BCUT2D eigenvalue weighted by Gasteiger charge is 2.40. The highest BCUT2D eigenvalue weighted by atomic mass is 79.9. The van der Waals surface area contributed by atoms with Crippen molar-refractivity contribution in [2.75, 3.05) is 0 Å². The first-order chi connectivity index (χ1) is 9.93. The Labute approximate surface area is 133 Å². The van der Waals surface area contributed by atoms with Crippen molar-refractivity contribution in [3.63, 3.8) is 0 Å². The summed E-state index contributed by atoms with van der Waals surface area (Å²) in [5.74, 6) is -0.0161. The van der Waals surface area contributed by atoms with E-state index in [0.717, 1.165) is 10.0 Å². The number of nitrogens with one attached hydrogen (secondary N) is 1. The molecular weight excluding hydrogens is 334 g/mol. The Bertz CT molecular complexity index is 547. The molecule has 1 saturated heterocycles. The fraction of sp³-hybridized carbons (Fsp3) is 0.533. The van der Waals surface area contributed by atoms with Crippen molar-refractivity contribution in [3.05, 3.63) is 28.5 Å². The first kappa shape index (κ1) is 15.9. The molecule has 114 valence electrons. The Morgan fingerprint density at radius 3 is 2.67 bits per heavy atom. The van der Waals surface area contributed by atoms with Crippen LogP contribution in [0.15, 0.2) is 22.9 Å². The lowest BCUT2D eigenvalue weighted by atomic mass is 9.96. The number of amides is 2. The molecule has 0 radical (unpaired) electrons.